The van der Waals surface area contributed by atoms with E-state index >= 15 is 0 Å². The van der Waals surface area contributed by atoms with Crippen molar-refractivity contribution in [1.29, 1.82) is 0 Å². The fourth-order valence-electron chi connectivity index (χ4n) is 2.75. The molecule has 0 aliphatic heterocycles. The summed E-state index contributed by atoms with van der Waals surface area (Å²) in [7, 11) is 3.89. The van der Waals surface area contributed by atoms with Gasteiger partial charge in [0.25, 0.3) is 0 Å². The number of aliphatic hydroxyl groups is 2. The first-order valence-corrected chi connectivity index (χ1v) is 7.80. The van der Waals surface area contributed by atoms with Crippen LogP contribution >= 0.6 is 0 Å². The summed E-state index contributed by atoms with van der Waals surface area (Å²) in [6, 6.07) is 17.8. The van der Waals surface area contributed by atoms with Crippen LogP contribution in [0.15, 0.2) is 54.6 Å². The number of hydrogen-bond acceptors (Lipinski definition) is 4. The Labute approximate surface area is 138 Å². The molecule has 0 heterocycles. The van der Waals surface area contributed by atoms with Gasteiger partial charge < -0.3 is 19.8 Å². The van der Waals surface area contributed by atoms with Crippen LogP contribution in [0.25, 0.3) is 0 Å². The Morgan fingerprint density at radius 1 is 0.913 bits per heavy atom. The maximum absolute atomic E-state index is 9.46. The molecule has 4 nitrogen and oxygen atoms in total. The molecule has 2 rings (SSSR count). The molecule has 2 aromatic rings. The van der Waals surface area contributed by atoms with Crippen molar-refractivity contribution in [3.8, 4) is 5.75 Å². The van der Waals surface area contributed by atoms with Gasteiger partial charge in [-0.3, -0.25) is 0 Å². The average Bonchev–Trinajstić information content (AvgIpc) is 2.59. The highest BCUT2D eigenvalue weighted by atomic mass is 16.5. The summed E-state index contributed by atoms with van der Waals surface area (Å²) < 4.78 is 5.79. The van der Waals surface area contributed by atoms with Crippen molar-refractivity contribution in [3.63, 3.8) is 0 Å². The average molecular weight is 315 g/mol. The van der Waals surface area contributed by atoms with Crippen molar-refractivity contribution < 1.29 is 14.9 Å². The second kappa shape index (κ2) is 8.67. The van der Waals surface area contributed by atoms with E-state index in [-0.39, 0.29) is 25.2 Å². The lowest BCUT2D eigenvalue weighted by Crippen LogP contribution is -2.31. The summed E-state index contributed by atoms with van der Waals surface area (Å²) in [5, 5.41) is 18.9. The summed E-state index contributed by atoms with van der Waals surface area (Å²) in [6.07, 6.45) is 0. The first kappa shape index (κ1) is 17.5. The molecule has 4 heteroatoms. The Kier molecular flexibility index (Phi) is 6.59. The van der Waals surface area contributed by atoms with Gasteiger partial charge in [-0.25, -0.2) is 0 Å². The van der Waals surface area contributed by atoms with Crippen molar-refractivity contribution in [1.82, 2.24) is 4.90 Å². The van der Waals surface area contributed by atoms with Crippen LogP contribution in [0.5, 0.6) is 5.75 Å². The first-order chi connectivity index (χ1) is 11.2. The van der Waals surface area contributed by atoms with Gasteiger partial charge in [-0.2, -0.15) is 0 Å². The molecule has 0 aliphatic rings. The van der Waals surface area contributed by atoms with Crippen molar-refractivity contribution in [2.75, 3.05) is 27.3 Å². The van der Waals surface area contributed by atoms with E-state index in [4.69, 9.17) is 4.74 Å². The van der Waals surface area contributed by atoms with Crippen LogP contribution in [0, 0.1) is 5.92 Å². The van der Waals surface area contributed by atoms with Gasteiger partial charge in [0.05, 0.1) is 0 Å². The lowest BCUT2D eigenvalue weighted by atomic mass is 9.93. The van der Waals surface area contributed by atoms with Crippen LogP contribution in [0.1, 0.15) is 17.2 Å². The zero-order valence-electron chi connectivity index (χ0n) is 13.7. The molecule has 0 bridgehead atoms. The molecule has 124 valence electrons. The summed E-state index contributed by atoms with van der Waals surface area (Å²) in [5.74, 6) is 0.598. The predicted octanol–water partition coefficient (Wildman–Crippen LogP) is 2.47. The van der Waals surface area contributed by atoms with Gasteiger partial charge >= 0.3 is 0 Å². The minimum absolute atomic E-state index is 0.0341. The molecule has 0 saturated heterocycles. The second-order valence-electron chi connectivity index (χ2n) is 5.88. The highest BCUT2D eigenvalue weighted by Gasteiger charge is 2.24. The molecule has 0 unspecified atom stereocenters. The van der Waals surface area contributed by atoms with Crippen LogP contribution in [0.4, 0.5) is 0 Å². The molecule has 23 heavy (non-hydrogen) atoms. The van der Waals surface area contributed by atoms with Crippen LogP contribution in [0.3, 0.4) is 0 Å². The van der Waals surface area contributed by atoms with Crippen LogP contribution in [0.2, 0.25) is 0 Å². The van der Waals surface area contributed by atoms with E-state index in [0.29, 0.717) is 6.61 Å². The second-order valence-corrected chi connectivity index (χ2v) is 5.88. The van der Waals surface area contributed by atoms with E-state index < -0.39 is 0 Å². The number of aliphatic hydroxyl groups excluding tert-OH is 2. The first-order valence-electron chi connectivity index (χ1n) is 7.80. The quantitative estimate of drug-likeness (QED) is 0.786. The highest BCUT2D eigenvalue weighted by molar-refractivity contribution is 5.30. The molecule has 0 aromatic heterocycles. The molecule has 0 spiro atoms. The predicted molar refractivity (Wildman–Crippen MR) is 91.3 cm³/mol. The third kappa shape index (κ3) is 4.79. The Morgan fingerprint density at radius 2 is 1.52 bits per heavy atom. The van der Waals surface area contributed by atoms with E-state index in [9.17, 15) is 10.2 Å². The van der Waals surface area contributed by atoms with Gasteiger partial charge in [-0.15, -0.1) is 0 Å². The van der Waals surface area contributed by atoms with Crippen LogP contribution in [-0.4, -0.2) is 42.4 Å². The fraction of sp³-hybridized carbons (Fsp3) is 0.368. The lowest BCUT2D eigenvalue weighted by molar-refractivity contribution is 0.0808. The summed E-state index contributed by atoms with van der Waals surface area (Å²) in [4.78, 5) is 2.01. The third-order valence-corrected chi connectivity index (χ3v) is 3.94. The Bertz CT molecular complexity index is 565. The topological polar surface area (TPSA) is 52.9 Å². The van der Waals surface area contributed by atoms with Gasteiger partial charge in [0, 0.05) is 25.2 Å². The molecular formula is C19H25NO3. The number of benzene rings is 2. The van der Waals surface area contributed by atoms with E-state index in [1.54, 1.807) is 0 Å². The summed E-state index contributed by atoms with van der Waals surface area (Å²) >= 11 is 0. The van der Waals surface area contributed by atoms with E-state index in [1.807, 2.05) is 73.6 Å². The third-order valence-electron chi connectivity index (χ3n) is 3.94. The maximum Gasteiger partial charge on any atom is 0.119 e. The van der Waals surface area contributed by atoms with Gasteiger partial charge in [-0.1, -0.05) is 42.5 Å². The molecule has 0 aliphatic carbocycles. The molecular weight excluding hydrogens is 290 g/mol. The maximum atomic E-state index is 9.46. The van der Waals surface area contributed by atoms with Gasteiger partial charge in [-0.05, 0) is 37.4 Å². The Hall–Kier alpha value is -1.88. The summed E-state index contributed by atoms with van der Waals surface area (Å²) in [6.45, 7) is 0.435. The van der Waals surface area contributed by atoms with Crippen LogP contribution in [-0.2, 0) is 6.61 Å². The van der Waals surface area contributed by atoms with Crippen molar-refractivity contribution in [2.45, 2.75) is 12.6 Å². The Morgan fingerprint density at radius 3 is 2.04 bits per heavy atom. The highest BCUT2D eigenvalue weighted by Crippen LogP contribution is 2.28. The van der Waals surface area contributed by atoms with E-state index in [2.05, 4.69) is 0 Å². The van der Waals surface area contributed by atoms with Gasteiger partial charge in [0.2, 0.25) is 0 Å². The lowest BCUT2D eigenvalue weighted by Gasteiger charge is -2.30. The number of rotatable bonds is 8. The van der Waals surface area contributed by atoms with Crippen molar-refractivity contribution in [3.05, 3.63) is 65.7 Å². The van der Waals surface area contributed by atoms with Crippen LogP contribution < -0.4 is 4.74 Å². The number of nitrogens with zero attached hydrogens (tertiary/aromatic N) is 1. The minimum Gasteiger partial charge on any atom is -0.489 e. The largest absolute Gasteiger partial charge is 0.489 e. The number of hydrogen-bond donors (Lipinski definition) is 2. The van der Waals surface area contributed by atoms with E-state index in [1.165, 1.54) is 0 Å². The van der Waals surface area contributed by atoms with E-state index in [0.717, 1.165) is 16.9 Å². The molecule has 1 atom stereocenters. The molecule has 0 radical (unpaired) electrons. The molecule has 0 amide bonds. The van der Waals surface area contributed by atoms with Gasteiger partial charge in [0.15, 0.2) is 0 Å². The molecule has 2 aromatic carbocycles. The SMILES string of the molecule is CN(C)[C@@H](c1ccc(OCc2ccccc2)cc1)C(CO)CO. The molecule has 0 fully saturated rings. The molecule has 0 saturated carbocycles. The van der Waals surface area contributed by atoms with Gasteiger partial charge in [0.1, 0.15) is 12.4 Å². The monoisotopic (exact) mass is 315 g/mol. The van der Waals surface area contributed by atoms with Crippen molar-refractivity contribution in [2.24, 2.45) is 5.92 Å². The molecule has 2 N–H and O–H groups in total. The van der Waals surface area contributed by atoms with Crippen molar-refractivity contribution >= 4 is 0 Å². The summed E-state index contributed by atoms with van der Waals surface area (Å²) in [5.41, 5.74) is 2.18. The normalized spacial score (nSPS) is 12.6. The Balaban J connectivity index is 2.05. The smallest absolute Gasteiger partial charge is 0.119 e. The zero-order chi connectivity index (χ0) is 16.7. The minimum atomic E-state index is -0.207. The number of ether oxygens (including phenoxy) is 1. The fourth-order valence-corrected chi connectivity index (χ4v) is 2.75. The standard InChI is InChI=1S/C19H25NO3/c1-20(2)19(17(12-21)13-22)16-8-10-18(11-9-16)23-14-15-6-4-3-5-7-15/h3-11,17,19,21-22H,12-14H2,1-2H3/t19-/m0/s1. The zero-order valence-corrected chi connectivity index (χ0v) is 13.7.